The van der Waals surface area contributed by atoms with Crippen molar-refractivity contribution >= 4 is 11.8 Å². The fraction of sp³-hybridized carbons (Fsp3) is 0. The normalized spacial score (nSPS) is 10.0. The second kappa shape index (κ2) is 3.98. The summed E-state index contributed by atoms with van der Waals surface area (Å²) in [7, 11) is 0. The van der Waals surface area contributed by atoms with Gasteiger partial charge >= 0.3 is 5.97 Å². The average molecular weight is 216 g/mol. The summed E-state index contributed by atoms with van der Waals surface area (Å²) in [5, 5.41) is 8.52. The number of imidazole rings is 1. The maximum Gasteiger partial charge on any atom is 0.378 e. The molecular weight excluding hydrogens is 208 g/mol. The van der Waals surface area contributed by atoms with Crippen LogP contribution in [0.5, 0.6) is 0 Å². The van der Waals surface area contributed by atoms with Crippen molar-refractivity contribution in [3.05, 3.63) is 42.2 Å². The number of ketones is 1. The summed E-state index contributed by atoms with van der Waals surface area (Å²) in [6.45, 7) is 0. The molecule has 0 spiro atoms. The topological polar surface area (TPSA) is 83.0 Å². The standard InChI is InChI=1S/C11H8N2O3/c14-9(11(15)16)8-6-12-10(13-8)7-4-2-1-3-5-7/h1-6H,(H,12,13)(H,15,16). The first kappa shape index (κ1) is 10.1. The number of benzene rings is 1. The van der Waals surface area contributed by atoms with Crippen molar-refractivity contribution in [2.24, 2.45) is 0 Å². The lowest BCUT2D eigenvalue weighted by Crippen LogP contribution is -2.12. The van der Waals surface area contributed by atoms with Gasteiger partial charge < -0.3 is 10.1 Å². The van der Waals surface area contributed by atoms with Crippen LogP contribution in [0.3, 0.4) is 0 Å². The van der Waals surface area contributed by atoms with Gasteiger partial charge in [-0.3, -0.25) is 4.79 Å². The molecule has 0 saturated heterocycles. The van der Waals surface area contributed by atoms with E-state index in [4.69, 9.17) is 5.11 Å². The summed E-state index contributed by atoms with van der Waals surface area (Å²) in [5.74, 6) is -2.01. The summed E-state index contributed by atoms with van der Waals surface area (Å²) in [6.07, 6.45) is 1.22. The number of nitrogens with one attached hydrogen (secondary N) is 1. The number of carbonyl (C=O) groups is 2. The summed E-state index contributed by atoms with van der Waals surface area (Å²) in [4.78, 5) is 28.2. The van der Waals surface area contributed by atoms with Gasteiger partial charge in [0.25, 0.3) is 5.78 Å². The van der Waals surface area contributed by atoms with Crippen LogP contribution in [0.2, 0.25) is 0 Å². The van der Waals surface area contributed by atoms with Gasteiger partial charge in [-0.2, -0.15) is 0 Å². The molecule has 0 atom stereocenters. The highest BCUT2D eigenvalue weighted by atomic mass is 16.4. The van der Waals surface area contributed by atoms with Crippen LogP contribution in [0, 0.1) is 0 Å². The number of carboxylic acids is 1. The second-order valence-electron chi connectivity index (χ2n) is 3.15. The van der Waals surface area contributed by atoms with Gasteiger partial charge in [-0.1, -0.05) is 30.3 Å². The zero-order valence-corrected chi connectivity index (χ0v) is 8.18. The highest BCUT2D eigenvalue weighted by molar-refractivity contribution is 6.39. The maximum atomic E-state index is 11.1. The third-order valence-electron chi connectivity index (χ3n) is 2.06. The molecule has 16 heavy (non-hydrogen) atoms. The Labute approximate surface area is 90.8 Å². The van der Waals surface area contributed by atoms with Gasteiger partial charge in [0.05, 0.1) is 6.20 Å². The number of Topliss-reactive ketones (excluding diaryl/α,β-unsaturated/α-hetero) is 1. The third-order valence-corrected chi connectivity index (χ3v) is 2.06. The quantitative estimate of drug-likeness (QED) is 0.599. The number of carboxylic acid groups (broad SMARTS) is 1. The molecule has 2 N–H and O–H groups in total. The van der Waals surface area contributed by atoms with Crippen LogP contribution < -0.4 is 0 Å². The smallest absolute Gasteiger partial charge is 0.378 e. The Morgan fingerprint density at radius 3 is 2.50 bits per heavy atom. The van der Waals surface area contributed by atoms with Crippen molar-refractivity contribution in [1.82, 2.24) is 9.97 Å². The van der Waals surface area contributed by atoms with E-state index in [1.165, 1.54) is 6.20 Å². The predicted molar refractivity (Wildman–Crippen MR) is 56.0 cm³/mol. The van der Waals surface area contributed by atoms with Crippen LogP contribution in [-0.2, 0) is 4.79 Å². The molecule has 1 aromatic heterocycles. The second-order valence-corrected chi connectivity index (χ2v) is 3.15. The van der Waals surface area contributed by atoms with Crippen molar-refractivity contribution in [3.63, 3.8) is 0 Å². The fourth-order valence-corrected chi connectivity index (χ4v) is 1.29. The van der Waals surface area contributed by atoms with Crippen LogP contribution in [0.1, 0.15) is 10.5 Å². The Hall–Kier alpha value is -2.43. The van der Waals surface area contributed by atoms with Gasteiger partial charge in [0.1, 0.15) is 11.5 Å². The zero-order valence-electron chi connectivity index (χ0n) is 8.18. The van der Waals surface area contributed by atoms with Gasteiger partial charge in [0.15, 0.2) is 0 Å². The average Bonchev–Trinajstić information content (AvgIpc) is 2.78. The molecule has 5 heteroatoms. The van der Waals surface area contributed by atoms with E-state index in [1.807, 2.05) is 30.3 Å². The lowest BCUT2D eigenvalue weighted by atomic mass is 10.2. The molecule has 2 rings (SSSR count). The van der Waals surface area contributed by atoms with E-state index in [-0.39, 0.29) is 5.69 Å². The molecule has 1 heterocycles. The van der Waals surface area contributed by atoms with E-state index in [0.717, 1.165) is 5.56 Å². The van der Waals surface area contributed by atoms with E-state index in [1.54, 1.807) is 0 Å². The van der Waals surface area contributed by atoms with Crippen molar-refractivity contribution in [2.45, 2.75) is 0 Å². The van der Waals surface area contributed by atoms with Gasteiger partial charge in [-0.15, -0.1) is 0 Å². The molecule has 0 fully saturated rings. The largest absolute Gasteiger partial charge is 0.475 e. The first-order valence-corrected chi connectivity index (χ1v) is 4.56. The molecular formula is C11H8N2O3. The minimum atomic E-state index is -1.50. The number of rotatable bonds is 3. The van der Waals surface area contributed by atoms with Crippen molar-refractivity contribution in [3.8, 4) is 11.4 Å². The molecule has 2 aromatic rings. The fourth-order valence-electron chi connectivity index (χ4n) is 1.29. The summed E-state index contributed by atoms with van der Waals surface area (Å²) in [5.41, 5.74) is 0.776. The molecule has 0 aliphatic carbocycles. The first-order valence-electron chi connectivity index (χ1n) is 4.56. The highest BCUT2D eigenvalue weighted by Crippen LogP contribution is 2.14. The van der Waals surface area contributed by atoms with E-state index in [0.29, 0.717) is 5.82 Å². The minimum Gasteiger partial charge on any atom is -0.475 e. The van der Waals surface area contributed by atoms with E-state index in [9.17, 15) is 9.59 Å². The lowest BCUT2D eigenvalue weighted by Gasteiger charge is -1.94. The van der Waals surface area contributed by atoms with E-state index >= 15 is 0 Å². The minimum absolute atomic E-state index is 0.0219. The van der Waals surface area contributed by atoms with Gasteiger partial charge in [0.2, 0.25) is 0 Å². The molecule has 0 aliphatic rings. The van der Waals surface area contributed by atoms with Gasteiger partial charge in [-0.05, 0) is 0 Å². The number of H-pyrrole nitrogens is 1. The monoisotopic (exact) mass is 216 g/mol. The van der Waals surface area contributed by atoms with Gasteiger partial charge in [-0.25, -0.2) is 9.78 Å². The molecule has 0 amide bonds. The molecule has 0 radical (unpaired) electrons. The van der Waals surface area contributed by atoms with Crippen LogP contribution in [0.25, 0.3) is 11.4 Å². The number of aromatic amines is 1. The van der Waals surface area contributed by atoms with Crippen LogP contribution in [0.15, 0.2) is 36.5 Å². The Morgan fingerprint density at radius 1 is 1.19 bits per heavy atom. The number of hydrogen-bond donors (Lipinski definition) is 2. The first-order chi connectivity index (χ1) is 7.68. The predicted octanol–water partition coefficient (Wildman–Crippen LogP) is 1.34. The maximum absolute atomic E-state index is 11.1. The van der Waals surface area contributed by atoms with Crippen molar-refractivity contribution in [2.75, 3.05) is 0 Å². The Morgan fingerprint density at radius 2 is 1.88 bits per heavy atom. The number of hydrogen-bond acceptors (Lipinski definition) is 3. The molecule has 0 aliphatic heterocycles. The third kappa shape index (κ3) is 1.83. The Kier molecular flexibility index (Phi) is 2.51. The molecule has 0 bridgehead atoms. The van der Waals surface area contributed by atoms with Crippen LogP contribution in [-0.4, -0.2) is 26.8 Å². The SMILES string of the molecule is O=C(O)C(=O)c1cnc(-c2ccccc2)[nH]1. The van der Waals surface area contributed by atoms with Crippen LogP contribution >= 0.6 is 0 Å². The Balaban J connectivity index is 2.34. The zero-order chi connectivity index (χ0) is 11.5. The molecule has 0 saturated carbocycles. The van der Waals surface area contributed by atoms with Crippen LogP contribution in [0.4, 0.5) is 0 Å². The highest BCUT2D eigenvalue weighted by Gasteiger charge is 2.17. The molecule has 80 valence electrons. The Bertz CT molecular complexity index is 531. The van der Waals surface area contributed by atoms with Crippen molar-refractivity contribution in [1.29, 1.82) is 0 Å². The number of aromatic nitrogens is 2. The van der Waals surface area contributed by atoms with E-state index in [2.05, 4.69) is 9.97 Å². The number of carbonyl (C=O) groups excluding carboxylic acids is 1. The number of aliphatic carboxylic acids is 1. The lowest BCUT2D eigenvalue weighted by molar-refractivity contribution is -0.131. The number of nitrogens with zero attached hydrogens (tertiary/aromatic N) is 1. The molecule has 0 unspecified atom stereocenters. The molecule has 5 nitrogen and oxygen atoms in total. The van der Waals surface area contributed by atoms with Gasteiger partial charge in [0, 0.05) is 5.56 Å². The van der Waals surface area contributed by atoms with Crippen molar-refractivity contribution < 1.29 is 14.7 Å². The summed E-state index contributed by atoms with van der Waals surface area (Å²) >= 11 is 0. The summed E-state index contributed by atoms with van der Waals surface area (Å²) in [6, 6.07) is 9.14. The molecule has 1 aromatic carbocycles. The summed E-state index contributed by atoms with van der Waals surface area (Å²) < 4.78 is 0. The van der Waals surface area contributed by atoms with E-state index < -0.39 is 11.8 Å².